The van der Waals surface area contributed by atoms with Gasteiger partial charge in [0.2, 0.25) is 0 Å². The van der Waals surface area contributed by atoms with E-state index in [0.717, 1.165) is 5.56 Å². The Morgan fingerprint density at radius 2 is 2.14 bits per heavy atom. The van der Waals surface area contributed by atoms with E-state index in [2.05, 4.69) is 15.7 Å². The van der Waals surface area contributed by atoms with Crippen molar-refractivity contribution in [1.82, 2.24) is 20.4 Å². The highest BCUT2D eigenvalue weighted by atomic mass is 19.1. The third-order valence-electron chi connectivity index (χ3n) is 3.08. The monoisotopic (exact) mass is 306 g/mol. The van der Waals surface area contributed by atoms with Crippen molar-refractivity contribution in [3.63, 3.8) is 0 Å². The van der Waals surface area contributed by atoms with Gasteiger partial charge in [-0.3, -0.25) is 4.68 Å². The molecule has 0 aliphatic heterocycles. The summed E-state index contributed by atoms with van der Waals surface area (Å²) in [6, 6.07) is 4.03. The number of carbonyl (C=O) groups excluding carboxylic acids is 1. The highest BCUT2D eigenvalue weighted by Gasteiger charge is 2.04. The van der Waals surface area contributed by atoms with E-state index in [4.69, 9.17) is 4.74 Å². The average molecular weight is 306 g/mol. The zero-order valence-corrected chi connectivity index (χ0v) is 12.6. The van der Waals surface area contributed by atoms with Gasteiger partial charge in [-0.05, 0) is 29.7 Å². The second kappa shape index (κ2) is 7.44. The summed E-state index contributed by atoms with van der Waals surface area (Å²) in [5.41, 5.74) is 1.69. The topological polar surface area (TPSA) is 68.2 Å². The third-order valence-corrected chi connectivity index (χ3v) is 3.08. The third kappa shape index (κ3) is 4.76. The number of ether oxygens (including phenoxy) is 1. The van der Waals surface area contributed by atoms with Crippen molar-refractivity contribution in [1.29, 1.82) is 0 Å². The van der Waals surface area contributed by atoms with Gasteiger partial charge in [0.15, 0.2) is 0 Å². The maximum atomic E-state index is 13.3. The highest BCUT2D eigenvalue weighted by Crippen LogP contribution is 2.15. The van der Waals surface area contributed by atoms with Gasteiger partial charge in [0.25, 0.3) is 0 Å². The summed E-state index contributed by atoms with van der Waals surface area (Å²) >= 11 is 0. The molecule has 0 fully saturated rings. The molecule has 1 aromatic heterocycles. The maximum absolute atomic E-state index is 13.3. The van der Waals surface area contributed by atoms with Crippen molar-refractivity contribution in [3.05, 3.63) is 47.5 Å². The van der Waals surface area contributed by atoms with Crippen LogP contribution in [0.5, 0.6) is 5.75 Å². The molecule has 0 radical (unpaired) electrons. The first kappa shape index (κ1) is 15.8. The van der Waals surface area contributed by atoms with E-state index in [1.807, 2.05) is 13.2 Å². The second-order valence-corrected chi connectivity index (χ2v) is 4.88. The number of carbonyl (C=O) groups is 1. The Bertz CT molecular complexity index is 642. The van der Waals surface area contributed by atoms with Gasteiger partial charge < -0.3 is 15.4 Å². The molecule has 6 nitrogen and oxygen atoms in total. The number of aromatic nitrogens is 2. The fourth-order valence-electron chi connectivity index (χ4n) is 2.01. The van der Waals surface area contributed by atoms with E-state index < -0.39 is 5.82 Å². The summed E-state index contributed by atoms with van der Waals surface area (Å²) in [6.07, 6.45) is 4.37. The number of hydrogen-bond donors (Lipinski definition) is 2. The molecule has 2 N–H and O–H groups in total. The van der Waals surface area contributed by atoms with Crippen LogP contribution >= 0.6 is 0 Å². The first-order chi connectivity index (χ1) is 10.6. The van der Waals surface area contributed by atoms with Gasteiger partial charge >= 0.3 is 6.03 Å². The van der Waals surface area contributed by atoms with Crippen LogP contribution in [0.15, 0.2) is 30.6 Å². The van der Waals surface area contributed by atoms with Crippen LogP contribution in [0.1, 0.15) is 11.1 Å². The van der Waals surface area contributed by atoms with Gasteiger partial charge in [0.1, 0.15) is 11.6 Å². The number of hydrogen-bond acceptors (Lipinski definition) is 3. The minimum atomic E-state index is -0.395. The molecule has 1 aromatic carbocycles. The number of nitrogens with one attached hydrogen (secondary N) is 2. The van der Waals surface area contributed by atoms with Gasteiger partial charge in [-0.2, -0.15) is 5.10 Å². The van der Waals surface area contributed by atoms with E-state index in [0.29, 0.717) is 24.3 Å². The molecular weight excluding hydrogens is 287 g/mol. The molecule has 0 saturated carbocycles. The molecule has 0 atom stereocenters. The minimum Gasteiger partial charge on any atom is -0.497 e. The van der Waals surface area contributed by atoms with Crippen molar-refractivity contribution in [2.75, 3.05) is 13.7 Å². The quantitative estimate of drug-likeness (QED) is 0.852. The molecule has 2 amide bonds. The highest BCUT2D eigenvalue weighted by molar-refractivity contribution is 5.73. The summed E-state index contributed by atoms with van der Waals surface area (Å²) in [7, 11) is 3.31. The van der Waals surface area contributed by atoms with E-state index >= 15 is 0 Å². The lowest BCUT2D eigenvalue weighted by atomic mass is 10.2. The Balaban J connectivity index is 1.74. The first-order valence-corrected chi connectivity index (χ1v) is 6.89. The number of nitrogens with zero attached hydrogens (tertiary/aromatic N) is 2. The number of methoxy groups -OCH3 is 1. The zero-order valence-electron chi connectivity index (χ0n) is 12.6. The average Bonchev–Trinajstić information content (AvgIpc) is 2.90. The van der Waals surface area contributed by atoms with Crippen molar-refractivity contribution in [3.8, 4) is 5.75 Å². The number of rotatable bonds is 6. The number of amides is 2. The first-order valence-electron chi connectivity index (χ1n) is 6.89. The summed E-state index contributed by atoms with van der Waals surface area (Å²) in [5.74, 6) is 0.0296. The Morgan fingerprint density at radius 3 is 2.82 bits per heavy atom. The fraction of sp³-hybridized carbons (Fsp3) is 0.333. The Morgan fingerprint density at radius 1 is 1.32 bits per heavy atom. The number of urea groups is 1. The fourth-order valence-corrected chi connectivity index (χ4v) is 2.01. The van der Waals surface area contributed by atoms with Crippen molar-refractivity contribution in [2.45, 2.75) is 13.0 Å². The van der Waals surface area contributed by atoms with Gasteiger partial charge in [0, 0.05) is 32.4 Å². The molecule has 2 rings (SSSR count). The normalized spacial score (nSPS) is 10.3. The molecule has 22 heavy (non-hydrogen) atoms. The van der Waals surface area contributed by atoms with Crippen LogP contribution in [-0.4, -0.2) is 29.5 Å². The van der Waals surface area contributed by atoms with Crippen molar-refractivity contribution < 1.29 is 13.9 Å². The Labute approximate surface area is 128 Å². The van der Waals surface area contributed by atoms with Gasteiger partial charge in [-0.15, -0.1) is 0 Å². The lowest BCUT2D eigenvalue weighted by molar-refractivity contribution is 0.240. The lowest BCUT2D eigenvalue weighted by Gasteiger charge is -2.08. The summed E-state index contributed by atoms with van der Waals surface area (Å²) in [4.78, 5) is 11.7. The molecule has 2 aromatic rings. The van der Waals surface area contributed by atoms with Crippen LogP contribution in [0.2, 0.25) is 0 Å². The van der Waals surface area contributed by atoms with Gasteiger partial charge in [-0.25, -0.2) is 9.18 Å². The maximum Gasteiger partial charge on any atom is 0.315 e. The number of aryl methyl sites for hydroxylation is 1. The van der Waals surface area contributed by atoms with E-state index in [-0.39, 0.29) is 12.6 Å². The van der Waals surface area contributed by atoms with Crippen LogP contribution in [0.4, 0.5) is 9.18 Å². The lowest BCUT2D eigenvalue weighted by Crippen LogP contribution is -2.36. The second-order valence-electron chi connectivity index (χ2n) is 4.88. The molecular formula is C15H19FN4O2. The zero-order chi connectivity index (χ0) is 15.9. The smallest absolute Gasteiger partial charge is 0.315 e. The Kier molecular flexibility index (Phi) is 5.35. The van der Waals surface area contributed by atoms with Gasteiger partial charge in [0.05, 0.1) is 13.3 Å². The van der Waals surface area contributed by atoms with E-state index in [1.54, 1.807) is 16.9 Å². The summed E-state index contributed by atoms with van der Waals surface area (Å²) < 4.78 is 20.0. The predicted octanol–water partition coefficient (Wildman–Crippen LogP) is 1.61. The molecule has 0 bridgehead atoms. The molecule has 0 aliphatic rings. The van der Waals surface area contributed by atoms with Crippen molar-refractivity contribution in [2.24, 2.45) is 7.05 Å². The summed E-state index contributed by atoms with van der Waals surface area (Å²) in [5, 5.41) is 9.47. The predicted molar refractivity (Wildman–Crippen MR) is 80.1 cm³/mol. The molecule has 118 valence electrons. The molecule has 0 spiro atoms. The largest absolute Gasteiger partial charge is 0.497 e. The van der Waals surface area contributed by atoms with Crippen LogP contribution in [0, 0.1) is 5.82 Å². The van der Waals surface area contributed by atoms with Crippen LogP contribution in [0.3, 0.4) is 0 Å². The molecule has 0 aliphatic carbocycles. The molecule has 0 unspecified atom stereocenters. The molecule has 7 heteroatoms. The van der Waals surface area contributed by atoms with Crippen LogP contribution in [-0.2, 0) is 20.0 Å². The Hall–Kier alpha value is -2.57. The van der Waals surface area contributed by atoms with Crippen molar-refractivity contribution >= 4 is 6.03 Å². The van der Waals surface area contributed by atoms with E-state index in [1.165, 1.54) is 19.2 Å². The minimum absolute atomic E-state index is 0.229. The molecule has 0 saturated heterocycles. The molecule has 1 heterocycles. The van der Waals surface area contributed by atoms with Gasteiger partial charge in [-0.1, -0.05) is 0 Å². The van der Waals surface area contributed by atoms with Crippen LogP contribution < -0.4 is 15.4 Å². The summed E-state index contributed by atoms with van der Waals surface area (Å²) in [6.45, 7) is 0.733. The number of benzene rings is 1. The standard InChI is InChI=1S/C15H19FN4O2/c1-20-10-11(9-19-20)3-4-17-15(21)18-8-12-5-13(16)7-14(6-12)22-2/h5-7,9-10H,3-4,8H2,1-2H3,(H2,17,18,21). The van der Waals surface area contributed by atoms with E-state index in [9.17, 15) is 9.18 Å². The SMILES string of the molecule is COc1cc(F)cc(CNC(=O)NCCc2cnn(C)c2)c1. The van der Waals surface area contributed by atoms with Crippen LogP contribution in [0.25, 0.3) is 0 Å². The number of halogens is 1.